The molecule has 1 aromatic heterocycles. The van der Waals surface area contributed by atoms with Gasteiger partial charge in [0.05, 0.1) is 12.3 Å². The molecular formula is C21H24N4O. The molecule has 0 unspecified atom stereocenters. The van der Waals surface area contributed by atoms with Crippen LogP contribution in [-0.2, 0) is 6.42 Å². The maximum Gasteiger partial charge on any atom is 0.145 e. The summed E-state index contributed by atoms with van der Waals surface area (Å²) in [4.78, 5) is 2.10. The van der Waals surface area contributed by atoms with Gasteiger partial charge < -0.3 is 15.0 Å². The predicted molar refractivity (Wildman–Crippen MR) is 107 cm³/mol. The molecule has 0 saturated carbocycles. The third kappa shape index (κ3) is 2.79. The lowest BCUT2D eigenvalue weighted by atomic mass is 10.1. The quantitative estimate of drug-likeness (QED) is 0.757. The number of benzene rings is 2. The van der Waals surface area contributed by atoms with Crippen molar-refractivity contribution in [1.82, 2.24) is 9.78 Å². The largest absolute Gasteiger partial charge is 0.492 e. The molecule has 0 atom stereocenters. The van der Waals surface area contributed by atoms with E-state index in [9.17, 15) is 0 Å². The first-order valence-electron chi connectivity index (χ1n) is 9.04. The van der Waals surface area contributed by atoms with Crippen LogP contribution >= 0.6 is 0 Å². The summed E-state index contributed by atoms with van der Waals surface area (Å²) in [6, 6.07) is 16.6. The zero-order valence-electron chi connectivity index (χ0n) is 15.5. The van der Waals surface area contributed by atoms with Crippen molar-refractivity contribution in [3.8, 4) is 22.7 Å². The zero-order chi connectivity index (χ0) is 18.1. The highest BCUT2D eigenvalue weighted by atomic mass is 16.5. The number of hydrogen-bond donors (Lipinski definition) is 1. The molecule has 1 N–H and O–H groups in total. The Hall–Kier alpha value is -2.95. The van der Waals surface area contributed by atoms with Crippen molar-refractivity contribution in [3.63, 3.8) is 0 Å². The highest BCUT2D eigenvalue weighted by molar-refractivity contribution is 5.74. The van der Waals surface area contributed by atoms with Crippen LogP contribution < -0.4 is 15.0 Å². The molecule has 0 amide bonds. The molecule has 0 spiro atoms. The summed E-state index contributed by atoms with van der Waals surface area (Å²) in [6.45, 7) is 3.57. The Balaban J connectivity index is 1.81. The number of fused-ring (bicyclic) bond motifs is 1. The number of rotatable bonds is 5. The van der Waals surface area contributed by atoms with E-state index in [1.807, 2.05) is 29.8 Å². The van der Waals surface area contributed by atoms with Gasteiger partial charge in [0.2, 0.25) is 0 Å². The highest BCUT2D eigenvalue weighted by Crippen LogP contribution is 2.37. The molecule has 0 saturated heterocycles. The molecule has 0 aliphatic carbocycles. The Kier molecular flexibility index (Phi) is 4.29. The van der Waals surface area contributed by atoms with Crippen LogP contribution in [0.25, 0.3) is 16.9 Å². The second-order valence-corrected chi connectivity index (χ2v) is 6.61. The van der Waals surface area contributed by atoms with Crippen molar-refractivity contribution in [2.24, 2.45) is 0 Å². The molecule has 0 radical (unpaired) electrons. The predicted octanol–water partition coefficient (Wildman–Crippen LogP) is 3.97. The first-order chi connectivity index (χ1) is 12.7. The molecule has 26 heavy (non-hydrogen) atoms. The van der Waals surface area contributed by atoms with E-state index < -0.39 is 0 Å². The van der Waals surface area contributed by atoms with Gasteiger partial charge in [-0.1, -0.05) is 24.3 Å². The van der Waals surface area contributed by atoms with Crippen LogP contribution in [0.15, 0.2) is 48.5 Å². The fourth-order valence-corrected chi connectivity index (χ4v) is 3.41. The normalized spacial score (nSPS) is 12.6. The minimum absolute atomic E-state index is 0.632. The van der Waals surface area contributed by atoms with Gasteiger partial charge in [0, 0.05) is 37.5 Å². The van der Waals surface area contributed by atoms with Gasteiger partial charge >= 0.3 is 0 Å². The van der Waals surface area contributed by atoms with Crippen molar-refractivity contribution in [3.05, 3.63) is 54.1 Å². The number of hydrogen-bond acceptors (Lipinski definition) is 4. The Morgan fingerprint density at radius 2 is 1.88 bits per heavy atom. The van der Waals surface area contributed by atoms with Gasteiger partial charge in [-0.15, -0.1) is 0 Å². The minimum atomic E-state index is 0.632. The number of nitrogens with zero attached hydrogens (tertiary/aromatic N) is 3. The molecule has 134 valence electrons. The van der Waals surface area contributed by atoms with E-state index >= 15 is 0 Å². The van der Waals surface area contributed by atoms with Crippen molar-refractivity contribution in [2.45, 2.75) is 13.3 Å². The van der Waals surface area contributed by atoms with Crippen LogP contribution in [0.2, 0.25) is 0 Å². The summed E-state index contributed by atoms with van der Waals surface area (Å²) in [5.41, 5.74) is 5.61. The number of para-hydroxylation sites is 2. The maximum atomic E-state index is 5.81. The SMILES string of the molecule is CCOc1ccccc1-n1nc(-c2ccc(N(C)C)cc2)c2c1NCC2. The van der Waals surface area contributed by atoms with Crippen LogP contribution in [0.4, 0.5) is 11.5 Å². The summed E-state index contributed by atoms with van der Waals surface area (Å²) in [5, 5.41) is 8.44. The molecule has 2 heterocycles. The Bertz CT molecular complexity index is 912. The van der Waals surface area contributed by atoms with Crippen LogP contribution in [0.3, 0.4) is 0 Å². The molecule has 1 aliphatic heterocycles. The number of anilines is 2. The molecule has 1 aliphatic rings. The van der Waals surface area contributed by atoms with Gasteiger partial charge in [-0.05, 0) is 37.6 Å². The van der Waals surface area contributed by atoms with Gasteiger partial charge in [0.15, 0.2) is 0 Å². The van der Waals surface area contributed by atoms with E-state index in [0.717, 1.165) is 41.5 Å². The van der Waals surface area contributed by atoms with E-state index in [1.165, 1.54) is 11.3 Å². The average molecular weight is 348 g/mol. The standard InChI is InChI=1S/C21H24N4O/c1-4-26-19-8-6-5-7-18(19)25-21-17(13-14-22-21)20(23-25)15-9-11-16(12-10-15)24(2)3/h5-12,22H,4,13-14H2,1-3H3. The number of aromatic nitrogens is 2. The minimum Gasteiger partial charge on any atom is -0.492 e. The third-order valence-corrected chi connectivity index (χ3v) is 4.70. The number of nitrogens with one attached hydrogen (secondary N) is 1. The molecule has 0 fully saturated rings. The number of ether oxygens (including phenoxy) is 1. The molecular weight excluding hydrogens is 324 g/mol. The van der Waals surface area contributed by atoms with Gasteiger partial charge in [-0.2, -0.15) is 5.10 Å². The van der Waals surface area contributed by atoms with E-state index in [0.29, 0.717) is 6.61 Å². The molecule has 2 aromatic carbocycles. The maximum absolute atomic E-state index is 5.81. The van der Waals surface area contributed by atoms with Crippen LogP contribution in [0, 0.1) is 0 Å². The first-order valence-corrected chi connectivity index (χ1v) is 9.04. The lowest BCUT2D eigenvalue weighted by molar-refractivity contribution is 0.338. The van der Waals surface area contributed by atoms with Gasteiger partial charge in [-0.3, -0.25) is 0 Å². The van der Waals surface area contributed by atoms with E-state index in [-0.39, 0.29) is 0 Å². The van der Waals surface area contributed by atoms with Crippen LogP contribution in [0.1, 0.15) is 12.5 Å². The van der Waals surface area contributed by atoms with E-state index in [2.05, 4.69) is 54.6 Å². The van der Waals surface area contributed by atoms with Crippen molar-refractivity contribution < 1.29 is 4.74 Å². The summed E-state index contributed by atoms with van der Waals surface area (Å²) >= 11 is 0. The smallest absolute Gasteiger partial charge is 0.145 e. The van der Waals surface area contributed by atoms with E-state index in [1.54, 1.807) is 0 Å². The van der Waals surface area contributed by atoms with Gasteiger partial charge in [0.25, 0.3) is 0 Å². The molecule has 4 rings (SSSR count). The highest BCUT2D eigenvalue weighted by Gasteiger charge is 2.25. The van der Waals surface area contributed by atoms with Gasteiger partial charge in [0.1, 0.15) is 17.3 Å². The van der Waals surface area contributed by atoms with Crippen LogP contribution in [-0.4, -0.2) is 37.0 Å². The van der Waals surface area contributed by atoms with E-state index in [4.69, 9.17) is 9.84 Å². The fourth-order valence-electron chi connectivity index (χ4n) is 3.41. The third-order valence-electron chi connectivity index (χ3n) is 4.70. The lowest BCUT2D eigenvalue weighted by Crippen LogP contribution is -2.08. The van der Waals surface area contributed by atoms with Gasteiger partial charge in [-0.25, -0.2) is 4.68 Å². The second kappa shape index (κ2) is 6.75. The van der Waals surface area contributed by atoms with Crippen molar-refractivity contribution in [1.29, 1.82) is 0 Å². The zero-order valence-corrected chi connectivity index (χ0v) is 15.5. The summed E-state index contributed by atoms with van der Waals surface area (Å²) in [6.07, 6.45) is 0.983. The Labute approximate surface area is 154 Å². The summed E-state index contributed by atoms with van der Waals surface area (Å²) in [5.74, 6) is 1.92. The second-order valence-electron chi connectivity index (χ2n) is 6.61. The molecule has 3 aromatic rings. The topological polar surface area (TPSA) is 42.3 Å². The molecule has 5 nitrogen and oxygen atoms in total. The van der Waals surface area contributed by atoms with Crippen molar-refractivity contribution >= 4 is 11.5 Å². The summed E-state index contributed by atoms with van der Waals surface area (Å²) < 4.78 is 7.80. The fraction of sp³-hybridized carbons (Fsp3) is 0.286. The molecule has 0 bridgehead atoms. The first kappa shape index (κ1) is 16.5. The monoisotopic (exact) mass is 348 g/mol. The van der Waals surface area contributed by atoms with Crippen LogP contribution in [0.5, 0.6) is 5.75 Å². The average Bonchev–Trinajstić information content (AvgIpc) is 3.25. The Morgan fingerprint density at radius 3 is 2.62 bits per heavy atom. The summed E-state index contributed by atoms with van der Waals surface area (Å²) in [7, 11) is 4.10. The Morgan fingerprint density at radius 1 is 1.12 bits per heavy atom. The van der Waals surface area contributed by atoms with Crippen molar-refractivity contribution in [2.75, 3.05) is 37.5 Å². The molecule has 5 heteroatoms. The lowest BCUT2D eigenvalue weighted by Gasteiger charge is -2.13.